The monoisotopic (exact) mass is 375 g/mol. The van der Waals surface area contributed by atoms with Gasteiger partial charge in [0.1, 0.15) is 0 Å². The van der Waals surface area contributed by atoms with Gasteiger partial charge in [-0.05, 0) is 60.2 Å². The standard InChI is InChI=1S/C29H27/c1-21-12-11-17-25(20-21)28(24-15-5-4-6-16-24)29(26-18-9-7-13-22(26)2)27-19-10-8-14-23(27)3/h5-20,28-29H,1-3H3. The molecule has 0 saturated carbocycles. The van der Waals surface area contributed by atoms with Gasteiger partial charge < -0.3 is 0 Å². The molecule has 4 aromatic rings. The molecule has 0 fully saturated rings. The summed E-state index contributed by atoms with van der Waals surface area (Å²) >= 11 is 0. The van der Waals surface area contributed by atoms with Crippen LogP contribution in [0.4, 0.5) is 0 Å². The molecule has 143 valence electrons. The molecule has 0 aliphatic carbocycles. The maximum absolute atomic E-state index is 3.19. The highest BCUT2D eigenvalue weighted by Crippen LogP contribution is 2.44. The van der Waals surface area contributed by atoms with E-state index in [-0.39, 0.29) is 11.8 Å². The predicted molar refractivity (Wildman–Crippen MR) is 123 cm³/mol. The lowest BCUT2D eigenvalue weighted by molar-refractivity contribution is 0.685. The maximum Gasteiger partial charge on any atom is 0.0204 e. The largest absolute Gasteiger partial charge is 0.0620 e. The van der Waals surface area contributed by atoms with Gasteiger partial charge in [-0.1, -0.05) is 103 Å². The summed E-state index contributed by atoms with van der Waals surface area (Å²) in [6.45, 7) is 6.63. The Balaban J connectivity index is 2.01. The van der Waals surface area contributed by atoms with Crippen molar-refractivity contribution in [2.75, 3.05) is 0 Å². The van der Waals surface area contributed by atoms with Crippen LogP contribution in [0.1, 0.15) is 50.8 Å². The molecule has 0 saturated heterocycles. The second kappa shape index (κ2) is 8.49. The van der Waals surface area contributed by atoms with E-state index >= 15 is 0 Å². The van der Waals surface area contributed by atoms with Crippen molar-refractivity contribution in [2.24, 2.45) is 0 Å². The van der Waals surface area contributed by atoms with Crippen molar-refractivity contribution in [3.05, 3.63) is 142 Å². The van der Waals surface area contributed by atoms with Crippen LogP contribution in [-0.2, 0) is 0 Å². The van der Waals surface area contributed by atoms with Gasteiger partial charge in [0.15, 0.2) is 0 Å². The Morgan fingerprint density at radius 3 is 1.69 bits per heavy atom. The van der Waals surface area contributed by atoms with Gasteiger partial charge in [-0.2, -0.15) is 0 Å². The van der Waals surface area contributed by atoms with Gasteiger partial charge in [0, 0.05) is 11.8 Å². The molecule has 4 rings (SSSR count). The molecular formula is C29H27. The lowest BCUT2D eigenvalue weighted by Crippen LogP contribution is -2.17. The lowest BCUT2D eigenvalue weighted by atomic mass is 9.71. The SMILES string of the molecule is Cc1cccc(C(c2cc[c]cc2)C(c2ccccc2C)c2ccccc2C)c1. The Labute approximate surface area is 174 Å². The Bertz CT molecular complexity index is 1050. The van der Waals surface area contributed by atoms with Gasteiger partial charge >= 0.3 is 0 Å². The first-order chi connectivity index (χ1) is 14.1. The van der Waals surface area contributed by atoms with Gasteiger partial charge in [-0.25, -0.2) is 0 Å². The van der Waals surface area contributed by atoms with E-state index in [4.69, 9.17) is 0 Å². The Hall–Kier alpha value is -3.12. The highest BCUT2D eigenvalue weighted by atomic mass is 14.3. The summed E-state index contributed by atoms with van der Waals surface area (Å²) < 4.78 is 0. The summed E-state index contributed by atoms with van der Waals surface area (Å²) in [6.07, 6.45) is 0. The van der Waals surface area contributed by atoms with Crippen LogP contribution < -0.4 is 0 Å². The van der Waals surface area contributed by atoms with Crippen molar-refractivity contribution in [3.8, 4) is 0 Å². The third-order valence-corrected chi connectivity index (χ3v) is 5.88. The fourth-order valence-electron chi connectivity index (χ4n) is 4.45. The molecule has 1 atom stereocenters. The van der Waals surface area contributed by atoms with Crippen molar-refractivity contribution >= 4 is 0 Å². The minimum atomic E-state index is 0.228. The van der Waals surface area contributed by atoms with E-state index < -0.39 is 0 Å². The summed E-state index contributed by atoms with van der Waals surface area (Å²) in [5.74, 6) is 0.466. The van der Waals surface area contributed by atoms with Crippen molar-refractivity contribution in [1.82, 2.24) is 0 Å². The molecule has 0 aliphatic rings. The fourth-order valence-corrected chi connectivity index (χ4v) is 4.45. The Kier molecular flexibility index (Phi) is 5.62. The highest BCUT2D eigenvalue weighted by Gasteiger charge is 2.30. The normalized spacial score (nSPS) is 12.1. The molecule has 0 aliphatic heterocycles. The zero-order chi connectivity index (χ0) is 20.2. The van der Waals surface area contributed by atoms with Gasteiger partial charge in [0.25, 0.3) is 0 Å². The quantitative estimate of drug-likeness (QED) is 0.341. The first-order valence-electron chi connectivity index (χ1n) is 10.3. The summed E-state index contributed by atoms with van der Waals surface area (Å²) in [7, 11) is 0. The van der Waals surface area contributed by atoms with Gasteiger partial charge in [-0.15, -0.1) is 0 Å². The van der Waals surface area contributed by atoms with Gasteiger partial charge in [-0.3, -0.25) is 0 Å². The van der Waals surface area contributed by atoms with Gasteiger partial charge in [0.05, 0.1) is 0 Å². The highest BCUT2D eigenvalue weighted by molar-refractivity contribution is 5.49. The molecule has 0 aromatic heterocycles. The second-order valence-electron chi connectivity index (χ2n) is 7.92. The molecule has 29 heavy (non-hydrogen) atoms. The minimum absolute atomic E-state index is 0.228. The van der Waals surface area contributed by atoms with E-state index in [0.29, 0.717) is 0 Å². The molecule has 0 amide bonds. The number of hydrogen-bond acceptors (Lipinski definition) is 0. The van der Waals surface area contributed by atoms with Crippen LogP contribution in [0.5, 0.6) is 0 Å². The molecule has 1 radical (unpaired) electrons. The van der Waals surface area contributed by atoms with Gasteiger partial charge in [0.2, 0.25) is 0 Å². The molecule has 0 N–H and O–H groups in total. The van der Waals surface area contributed by atoms with Crippen LogP contribution in [0.15, 0.2) is 97.1 Å². The van der Waals surface area contributed by atoms with Crippen molar-refractivity contribution in [3.63, 3.8) is 0 Å². The van der Waals surface area contributed by atoms with E-state index in [0.717, 1.165) is 0 Å². The average Bonchev–Trinajstić information content (AvgIpc) is 2.74. The molecule has 0 spiro atoms. The summed E-state index contributed by atoms with van der Waals surface area (Å²) in [6, 6.07) is 38.3. The molecule has 0 bridgehead atoms. The maximum atomic E-state index is 3.19. The summed E-state index contributed by atoms with van der Waals surface area (Å²) in [5, 5.41) is 0. The molecule has 0 nitrogen and oxygen atoms in total. The van der Waals surface area contributed by atoms with Crippen molar-refractivity contribution in [2.45, 2.75) is 32.6 Å². The van der Waals surface area contributed by atoms with E-state index in [1.807, 2.05) is 12.1 Å². The van der Waals surface area contributed by atoms with E-state index in [9.17, 15) is 0 Å². The van der Waals surface area contributed by atoms with Crippen LogP contribution >= 0.6 is 0 Å². The summed E-state index contributed by atoms with van der Waals surface area (Å²) in [5.41, 5.74) is 9.42. The first-order valence-corrected chi connectivity index (χ1v) is 10.3. The van der Waals surface area contributed by atoms with E-state index in [2.05, 4.69) is 112 Å². The Morgan fingerprint density at radius 1 is 0.552 bits per heavy atom. The molecule has 0 heteroatoms. The third-order valence-electron chi connectivity index (χ3n) is 5.88. The zero-order valence-electron chi connectivity index (χ0n) is 17.4. The van der Waals surface area contributed by atoms with Crippen LogP contribution in [0.2, 0.25) is 0 Å². The molecule has 4 aromatic carbocycles. The van der Waals surface area contributed by atoms with E-state index in [1.54, 1.807) is 0 Å². The lowest BCUT2D eigenvalue weighted by Gasteiger charge is -2.31. The third kappa shape index (κ3) is 4.03. The smallest absolute Gasteiger partial charge is 0.0204 e. The van der Waals surface area contributed by atoms with Crippen LogP contribution in [0, 0.1) is 26.8 Å². The average molecular weight is 376 g/mol. The number of benzene rings is 4. The van der Waals surface area contributed by atoms with Crippen LogP contribution in [0.3, 0.4) is 0 Å². The van der Waals surface area contributed by atoms with Crippen molar-refractivity contribution in [1.29, 1.82) is 0 Å². The second-order valence-corrected chi connectivity index (χ2v) is 7.92. The van der Waals surface area contributed by atoms with Crippen molar-refractivity contribution < 1.29 is 0 Å². The van der Waals surface area contributed by atoms with Crippen LogP contribution in [-0.4, -0.2) is 0 Å². The Morgan fingerprint density at radius 2 is 1.14 bits per heavy atom. The minimum Gasteiger partial charge on any atom is -0.0620 e. The predicted octanol–water partition coefficient (Wildman–Crippen LogP) is 7.38. The first kappa shape index (κ1) is 19.2. The topological polar surface area (TPSA) is 0 Å². The molecular weight excluding hydrogens is 348 g/mol. The summed E-state index contributed by atoms with van der Waals surface area (Å²) in [4.78, 5) is 0. The fraction of sp³-hybridized carbons (Fsp3) is 0.172. The van der Waals surface area contributed by atoms with Crippen LogP contribution in [0.25, 0.3) is 0 Å². The zero-order valence-corrected chi connectivity index (χ0v) is 17.4. The molecule has 1 unspecified atom stereocenters. The number of hydrogen-bond donors (Lipinski definition) is 0. The number of rotatable bonds is 5. The number of aryl methyl sites for hydroxylation is 3. The van der Waals surface area contributed by atoms with E-state index in [1.165, 1.54) is 38.9 Å². The molecule has 0 heterocycles.